The normalized spacial score (nSPS) is 15.4. The predicted molar refractivity (Wildman–Crippen MR) is 145 cm³/mol. The molecule has 2 heterocycles. The number of para-hydroxylation sites is 1. The van der Waals surface area contributed by atoms with Crippen LogP contribution in [-0.2, 0) is 6.54 Å². The second kappa shape index (κ2) is 11.3. The number of hydrogen-bond donors (Lipinski definition) is 2. The Morgan fingerprint density at radius 1 is 1.06 bits per heavy atom. The van der Waals surface area contributed by atoms with Gasteiger partial charge in [0, 0.05) is 48.9 Å². The van der Waals surface area contributed by atoms with Gasteiger partial charge in [-0.2, -0.15) is 0 Å². The molecule has 1 aliphatic rings. The number of amidine groups is 1. The number of benzene rings is 2. The first-order valence-corrected chi connectivity index (χ1v) is 12.9. The number of anilines is 1. The lowest BCUT2D eigenvalue weighted by Gasteiger charge is -2.35. The fourth-order valence-electron chi connectivity index (χ4n) is 4.07. The molecule has 0 atom stereocenters. The molecule has 0 saturated carbocycles. The Bertz CT molecular complexity index is 1110. The molecule has 1 fully saturated rings. The maximum absolute atomic E-state index is 8.97. The largest absolute Gasteiger partial charge is 0.367 e. The molecular formula is C28H33N5S. The number of hydrogen-bond acceptors (Lipinski definition) is 5. The molecule has 1 aliphatic heterocycles. The monoisotopic (exact) mass is 471 g/mol. The van der Waals surface area contributed by atoms with Gasteiger partial charge in [-0.25, -0.2) is 0 Å². The molecule has 176 valence electrons. The van der Waals surface area contributed by atoms with Gasteiger partial charge in [-0.15, -0.1) is 11.8 Å². The molecule has 0 aliphatic carbocycles. The van der Waals surface area contributed by atoms with Crippen LogP contribution in [0.2, 0.25) is 0 Å². The molecule has 0 amide bonds. The van der Waals surface area contributed by atoms with Crippen molar-refractivity contribution in [1.29, 1.82) is 5.41 Å². The third-order valence-corrected chi connectivity index (χ3v) is 6.81. The average Bonchev–Trinajstić information content (AvgIpc) is 2.87. The second-order valence-corrected chi connectivity index (χ2v) is 9.88. The van der Waals surface area contributed by atoms with E-state index in [2.05, 4.69) is 89.5 Å². The summed E-state index contributed by atoms with van der Waals surface area (Å²) in [5.74, 6) is 3.83. The lowest BCUT2D eigenvalue weighted by Crippen LogP contribution is -2.42. The van der Waals surface area contributed by atoms with Gasteiger partial charge in [0.15, 0.2) is 0 Å². The first-order chi connectivity index (χ1) is 16.5. The SMILES string of the molecule is CC(C)CN1CSC/C(=C(/NCc2ccc(-c3ccccn3)cc2)N(C)c2ccccc2)C1=N. The van der Waals surface area contributed by atoms with Gasteiger partial charge in [0.25, 0.3) is 0 Å². The van der Waals surface area contributed by atoms with Crippen molar-refractivity contribution in [2.45, 2.75) is 20.4 Å². The third kappa shape index (κ3) is 5.81. The van der Waals surface area contributed by atoms with Crippen molar-refractivity contribution >= 4 is 23.3 Å². The Morgan fingerprint density at radius 2 is 1.79 bits per heavy atom. The van der Waals surface area contributed by atoms with Gasteiger partial charge in [0.1, 0.15) is 11.7 Å². The summed E-state index contributed by atoms with van der Waals surface area (Å²) in [7, 11) is 2.08. The summed E-state index contributed by atoms with van der Waals surface area (Å²) in [6, 6.07) is 24.9. The highest BCUT2D eigenvalue weighted by molar-refractivity contribution is 7.99. The minimum atomic E-state index is 0.515. The van der Waals surface area contributed by atoms with Gasteiger partial charge >= 0.3 is 0 Å². The molecular weight excluding hydrogens is 438 g/mol. The molecule has 6 heteroatoms. The maximum atomic E-state index is 8.97. The Morgan fingerprint density at radius 3 is 2.47 bits per heavy atom. The summed E-state index contributed by atoms with van der Waals surface area (Å²) >= 11 is 1.87. The van der Waals surface area contributed by atoms with Crippen molar-refractivity contribution < 1.29 is 0 Å². The summed E-state index contributed by atoms with van der Waals surface area (Å²) in [5, 5.41) is 12.6. The molecule has 2 N–H and O–H groups in total. The molecule has 4 rings (SSSR count). The van der Waals surface area contributed by atoms with Crippen molar-refractivity contribution in [3.05, 3.63) is 96.0 Å². The Kier molecular flexibility index (Phi) is 7.91. The van der Waals surface area contributed by atoms with Gasteiger partial charge < -0.3 is 15.1 Å². The standard InChI is InChI=1S/C28H33N5S/c1-21(2)18-33-20-34-19-25(27(33)29)28(32(3)24-9-5-4-6-10-24)31-17-22-12-14-23(15-13-22)26-11-7-8-16-30-26/h4-16,21,29,31H,17-20H2,1-3H3/b28-25+,29-27?. The molecule has 0 spiro atoms. The quantitative estimate of drug-likeness (QED) is 0.433. The Hall–Kier alpha value is -3.25. The highest BCUT2D eigenvalue weighted by Crippen LogP contribution is 2.27. The van der Waals surface area contributed by atoms with Crippen LogP contribution in [-0.4, -0.2) is 40.9 Å². The summed E-state index contributed by atoms with van der Waals surface area (Å²) in [5.41, 5.74) is 5.43. The maximum Gasteiger partial charge on any atom is 0.129 e. The van der Waals surface area contributed by atoms with Gasteiger partial charge in [-0.1, -0.05) is 62.4 Å². The van der Waals surface area contributed by atoms with Crippen molar-refractivity contribution in [1.82, 2.24) is 15.2 Å². The van der Waals surface area contributed by atoms with Crippen molar-refractivity contribution in [2.75, 3.05) is 30.1 Å². The van der Waals surface area contributed by atoms with Crippen LogP contribution in [0.25, 0.3) is 11.3 Å². The van der Waals surface area contributed by atoms with E-state index < -0.39 is 0 Å². The molecule has 1 saturated heterocycles. The number of nitrogens with zero attached hydrogens (tertiary/aromatic N) is 3. The second-order valence-electron chi connectivity index (χ2n) is 8.93. The molecule has 0 unspecified atom stereocenters. The summed E-state index contributed by atoms with van der Waals surface area (Å²) < 4.78 is 0. The number of thioether (sulfide) groups is 1. The van der Waals surface area contributed by atoms with E-state index in [4.69, 9.17) is 5.41 Å². The van der Waals surface area contributed by atoms with Crippen LogP contribution in [0.1, 0.15) is 19.4 Å². The minimum absolute atomic E-state index is 0.515. The highest BCUT2D eigenvalue weighted by atomic mass is 32.2. The van der Waals surface area contributed by atoms with Gasteiger partial charge in [0.05, 0.1) is 11.6 Å². The topological polar surface area (TPSA) is 55.2 Å². The zero-order chi connectivity index (χ0) is 23.9. The van der Waals surface area contributed by atoms with Crippen LogP contribution in [0.5, 0.6) is 0 Å². The zero-order valence-electron chi connectivity index (χ0n) is 20.2. The Balaban J connectivity index is 1.58. The van der Waals surface area contributed by atoms with Crippen LogP contribution >= 0.6 is 11.8 Å². The van der Waals surface area contributed by atoms with Gasteiger partial charge in [-0.3, -0.25) is 10.4 Å². The molecule has 0 radical (unpaired) electrons. The number of aromatic nitrogens is 1. The Labute approximate surface area is 207 Å². The van der Waals surface area contributed by atoms with Crippen molar-refractivity contribution in [2.24, 2.45) is 5.92 Å². The molecule has 5 nitrogen and oxygen atoms in total. The average molecular weight is 472 g/mol. The molecule has 3 aromatic rings. The smallest absolute Gasteiger partial charge is 0.129 e. The first-order valence-electron chi connectivity index (χ1n) is 11.7. The van der Waals surface area contributed by atoms with Crippen LogP contribution in [0.4, 0.5) is 5.69 Å². The van der Waals surface area contributed by atoms with E-state index in [0.717, 1.165) is 46.5 Å². The van der Waals surface area contributed by atoms with E-state index in [1.165, 1.54) is 5.56 Å². The predicted octanol–water partition coefficient (Wildman–Crippen LogP) is 5.83. The van der Waals surface area contributed by atoms with Crippen LogP contribution in [0.15, 0.2) is 90.4 Å². The zero-order valence-corrected chi connectivity index (χ0v) is 21.0. The third-order valence-electron chi connectivity index (χ3n) is 5.82. The fourth-order valence-corrected chi connectivity index (χ4v) is 5.09. The van der Waals surface area contributed by atoms with E-state index in [1.54, 1.807) is 0 Å². The van der Waals surface area contributed by atoms with Crippen LogP contribution < -0.4 is 10.2 Å². The van der Waals surface area contributed by atoms with E-state index in [9.17, 15) is 0 Å². The lowest BCUT2D eigenvalue weighted by molar-refractivity contribution is 0.408. The van der Waals surface area contributed by atoms with Crippen molar-refractivity contribution in [3.8, 4) is 11.3 Å². The van der Waals surface area contributed by atoms with Crippen LogP contribution in [0, 0.1) is 11.3 Å². The summed E-state index contributed by atoms with van der Waals surface area (Å²) in [6.45, 7) is 5.99. The number of rotatable bonds is 8. The summed E-state index contributed by atoms with van der Waals surface area (Å²) in [4.78, 5) is 8.81. The molecule has 34 heavy (non-hydrogen) atoms. The lowest BCUT2D eigenvalue weighted by atomic mass is 10.1. The van der Waals surface area contributed by atoms with Gasteiger partial charge in [0.2, 0.25) is 0 Å². The minimum Gasteiger partial charge on any atom is -0.367 e. The molecule has 1 aromatic heterocycles. The van der Waals surface area contributed by atoms with Crippen LogP contribution in [0.3, 0.4) is 0 Å². The number of pyridine rings is 1. The fraction of sp³-hybridized carbons (Fsp3) is 0.286. The molecule has 0 bridgehead atoms. The van der Waals surface area contributed by atoms with E-state index in [1.807, 2.05) is 42.2 Å². The van der Waals surface area contributed by atoms with E-state index in [-0.39, 0.29) is 0 Å². The highest BCUT2D eigenvalue weighted by Gasteiger charge is 2.26. The first kappa shape index (κ1) is 23.9. The van der Waals surface area contributed by atoms with E-state index >= 15 is 0 Å². The summed E-state index contributed by atoms with van der Waals surface area (Å²) in [6.07, 6.45) is 1.82. The van der Waals surface area contributed by atoms with Gasteiger partial charge in [-0.05, 0) is 35.7 Å². The molecule has 2 aromatic carbocycles. The van der Waals surface area contributed by atoms with Crippen molar-refractivity contribution in [3.63, 3.8) is 0 Å². The van der Waals surface area contributed by atoms with E-state index in [0.29, 0.717) is 18.3 Å². The number of nitrogens with one attached hydrogen (secondary N) is 2.